The van der Waals surface area contributed by atoms with Gasteiger partial charge in [0, 0.05) is 6.04 Å². The normalized spacial score (nSPS) is 13.3. The molecule has 0 aliphatic heterocycles. The summed E-state index contributed by atoms with van der Waals surface area (Å²) in [5, 5.41) is 0. The van der Waals surface area contributed by atoms with E-state index in [4.69, 9.17) is 23.6 Å². The third-order valence-corrected chi connectivity index (χ3v) is 2.37. The van der Waals surface area contributed by atoms with Crippen molar-refractivity contribution in [1.82, 2.24) is 3.94 Å². The van der Waals surface area contributed by atoms with E-state index in [9.17, 15) is 0 Å². The Morgan fingerprint density at radius 3 is 2.33 bits per heavy atom. The van der Waals surface area contributed by atoms with Crippen molar-refractivity contribution in [2.45, 2.75) is 19.4 Å². The van der Waals surface area contributed by atoms with Gasteiger partial charge in [-0.15, -0.1) is 3.94 Å². The summed E-state index contributed by atoms with van der Waals surface area (Å²) in [4.78, 5) is 0. The molecule has 12 heavy (non-hydrogen) atoms. The summed E-state index contributed by atoms with van der Waals surface area (Å²) in [7, 11) is 0. The van der Waals surface area contributed by atoms with Gasteiger partial charge in [0.05, 0.1) is 0 Å². The smallest absolute Gasteiger partial charge is 0.0428 e. The molecule has 1 aromatic carbocycles. The second-order valence-corrected chi connectivity index (χ2v) is 3.70. The summed E-state index contributed by atoms with van der Waals surface area (Å²) in [6.07, 6.45) is 0.869. The minimum Gasteiger partial charge on any atom is -0.129 e. The summed E-state index contributed by atoms with van der Waals surface area (Å²) in [5.74, 6) is 0. The zero-order valence-electron chi connectivity index (χ0n) is 6.87. The highest BCUT2D eigenvalue weighted by atomic mass is 35.5. The minimum atomic E-state index is 0.149. The van der Waals surface area contributed by atoms with Crippen LogP contribution in [0.25, 0.3) is 0 Å². The van der Waals surface area contributed by atoms with E-state index in [1.54, 1.807) is 0 Å². The Kier molecular flexibility index (Phi) is 3.86. The SMILES string of the molecule is C[C@H](Cc1ccccc1)N(Cl)Cl. The molecule has 0 aliphatic rings. The Labute approximate surface area is 83.1 Å². The number of nitrogens with zero attached hydrogens (tertiary/aromatic N) is 1. The predicted molar refractivity (Wildman–Crippen MR) is 53.2 cm³/mol. The molecule has 0 bridgehead atoms. The van der Waals surface area contributed by atoms with Crippen LogP contribution in [0.2, 0.25) is 0 Å². The molecule has 0 saturated carbocycles. The fourth-order valence-corrected chi connectivity index (χ4v) is 1.16. The van der Waals surface area contributed by atoms with Crippen molar-refractivity contribution >= 4 is 23.6 Å². The number of benzene rings is 1. The molecule has 0 unspecified atom stereocenters. The van der Waals surface area contributed by atoms with Gasteiger partial charge in [-0.2, -0.15) is 0 Å². The van der Waals surface area contributed by atoms with E-state index < -0.39 is 0 Å². The third-order valence-electron chi connectivity index (χ3n) is 1.71. The molecule has 1 rings (SSSR count). The fraction of sp³-hybridized carbons (Fsp3) is 0.333. The van der Waals surface area contributed by atoms with E-state index in [0.717, 1.165) is 6.42 Å². The third kappa shape index (κ3) is 3.02. The van der Waals surface area contributed by atoms with Crippen LogP contribution in [0, 0.1) is 0 Å². The number of hydrogen-bond acceptors (Lipinski definition) is 1. The van der Waals surface area contributed by atoms with Crippen molar-refractivity contribution in [2.75, 3.05) is 0 Å². The van der Waals surface area contributed by atoms with Gasteiger partial charge in [-0.3, -0.25) is 0 Å². The van der Waals surface area contributed by atoms with Crippen molar-refractivity contribution in [3.05, 3.63) is 35.9 Å². The number of hydrogen-bond donors (Lipinski definition) is 0. The summed E-state index contributed by atoms with van der Waals surface area (Å²) >= 11 is 11.2. The van der Waals surface area contributed by atoms with Crippen molar-refractivity contribution in [1.29, 1.82) is 0 Å². The largest absolute Gasteiger partial charge is 0.129 e. The molecule has 0 radical (unpaired) electrons. The van der Waals surface area contributed by atoms with Gasteiger partial charge in [0.15, 0.2) is 0 Å². The van der Waals surface area contributed by atoms with Crippen LogP contribution in [0.3, 0.4) is 0 Å². The average molecular weight is 204 g/mol. The van der Waals surface area contributed by atoms with Crippen molar-refractivity contribution in [2.24, 2.45) is 0 Å². The average Bonchev–Trinajstić information content (AvgIpc) is 2.06. The van der Waals surface area contributed by atoms with Crippen molar-refractivity contribution in [3.8, 4) is 0 Å². The molecule has 0 amide bonds. The number of halogens is 2. The van der Waals surface area contributed by atoms with E-state index in [-0.39, 0.29) is 6.04 Å². The zero-order chi connectivity index (χ0) is 8.97. The summed E-state index contributed by atoms with van der Waals surface area (Å²) in [6, 6.07) is 10.3. The predicted octanol–water partition coefficient (Wildman–Crippen LogP) is 3.23. The first-order valence-corrected chi connectivity index (χ1v) is 4.52. The highest BCUT2D eigenvalue weighted by molar-refractivity contribution is 6.33. The van der Waals surface area contributed by atoms with E-state index in [1.807, 2.05) is 25.1 Å². The molecule has 0 aromatic heterocycles. The van der Waals surface area contributed by atoms with E-state index in [1.165, 1.54) is 9.50 Å². The van der Waals surface area contributed by atoms with Gasteiger partial charge in [-0.25, -0.2) is 0 Å². The van der Waals surface area contributed by atoms with Gasteiger partial charge in [0.25, 0.3) is 0 Å². The Balaban J connectivity index is 2.53. The van der Waals surface area contributed by atoms with Crippen molar-refractivity contribution < 1.29 is 0 Å². The molecule has 0 heterocycles. The van der Waals surface area contributed by atoms with Gasteiger partial charge in [-0.05, 0) is 42.5 Å². The van der Waals surface area contributed by atoms with E-state index in [2.05, 4.69) is 12.1 Å². The molecular weight excluding hydrogens is 193 g/mol. The molecule has 1 atom stereocenters. The second kappa shape index (κ2) is 4.70. The van der Waals surface area contributed by atoms with Crippen LogP contribution in [0.4, 0.5) is 0 Å². The molecule has 0 aliphatic carbocycles. The lowest BCUT2D eigenvalue weighted by atomic mass is 10.1. The summed E-state index contributed by atoms with van der Waals surface area (Å²) < 4.78 is 1.19. The monoisotopic (exact) mass is 203 g/mol. The molecule has 1 aromatic rings. The van der Waals surface area contributed by atoms with Gasteiger partial charge in [-0.1, -0.05) is 30.3 Å². The van der Waals surface area contributed by atoms with Gasteiger partial charge in [0.1, 0.15) is 0 Å². The lowest BCUT2D eigenvalue weighted by molar-refractivity contribution is 0.524. The van der Waals surface area contributed by atoms with Crippen LogP contribution in [-0.4, -0.2) is 9.98 Å². The van der Waals surface area contributed by atoms with Crippen LogP contribution in [0.1, 0.15) is 12.5 Å². The van der Waals surface area contributed by atoms with E-state index >= 15 is 0 Å². The molecular formula is C9H11Cl2N. The molecule has 0 spiro atoms. The molecule has 0 saturated heterocycles. The van der Waals surface area contributed by atoms with Crippen LogP contribution in [0.5, 0.6) is 0 Å². The van der Waals surface area contributed by atoms with Crippen LogP contribution in [-0.2, 0) is 6.42 Å². The highest BCUT2D eigenvalue weighted by Crippen LogP contribution is 2.12. The van der Waals surface area contributed by atoms with Crippen molar-refractivity contribution in [3.63, 3.8) is 0 Å². The van der Waals surface area contributed by atoms with E-state index in [0.29, 0.717) is 0 Å². The molecule has 0 N–H and O–H groups in total. The maximum atomic E-state index is 5.58. The van der Waals surface area contributed by atoms with Crippen LogP contribution < -0.4 is 0 Å². The lowest BCUT2D eigenvalue weighted by Crippen LogP contribution is -2.17. The Bertz CT molecular complexity index is 223. The lowest BCUT2D eigenvalue weighted by Gasteiger charge is -2.13. The topological polar surface area (TPSA) is 3.24 Å². The molecule has 0 fully saturated rings. The van der Waals surface area contributed by atoms with Gasteiger partial charge in [0.2, 0.25) is 0 Å². The van der Waals surface area contributed by atoms with Gasteiger partial charge < -0.3 is 0 Å². The number of rotatable bonds is 3. The molecule has 1 nitrogen and oxygen atoms in total. The maximum Gasteiger partial charge on any atom is 0.0428 e. The first-order chi connectivity index (χ1) is 5.70. The fourth-order valence-electron chi connectivity index (χ4n) is 1.02. The Morgan fingerprint density at radius 2 is 1.83 bits per heavy atom. The first-order valence-electron chi connectivity index (χ1n) is 3.85. The van der Waals surface area contributed by atoms with Crippen LogP contribution >= 0.6 is 23.6 Å². The summed E-state index contributed by atoms with van der Waals surface area (Å²) in [5.41, 5.74) is 1.25. The summed E-state index contributed by atoms with van der Waals surface area (Å²) in [6.45, 7) is 1.98. The molecule has 66 valence electrons. The minimum absolute atomic E-state index is 0.149. The standard InChI is InChI=1S/C9H11Cl2N/c1-8(12(10)11)7-9-5-3-2-4-6-9/h2-6,8H,7H2,1H3/t8-/m1/s1. The quantitative estimate of drug-likeness (QED) is 0.683. The first kappa shape index (κ1) is 9.85. The maximum absolute atomic E-state index is 5.58. The molecule has 3 heteroatoms. The second-order valence-electron chi connectivity index (χ2n) is 2.80. The Morgan fingerprint density at radius 1 is 1.25 bits per heavy atom. The van der Waals surface area contributed by atoms with Crippen LogP contribution in [0.15, 0.2) is 30.3 Å². The highest BCUT2D eigenvalue weighted by Gasteiger charge is 2.08. The zero-order valence-corrected chi connectivity index (χ0v) is 8.39. The van der Waals surface area contributed by atoms with Gasteiger partial charge >= 0.3 is 0 Å². The Hall–Kier alpha value is -0.240.